The SMILES string of the molecule is CCOC(=O)Cn1c(=NC(=O)c2cccc(NS(=O)(=O)c3ccc(OC)cc3)c2)sc2ccccc21. The summed E-state index contributed by atoms with van der Waals surface area (Å²) >= 11 is 1.27. The third-order valence-electron chi connectivity index (χ3n) is 5.11. The van der Waals surface area contributed by atoms with E-state index in [9.17, 15) is 18.0 Å². The fraction of sp³-hybridized carbons (Fsp3) is 0.160. The van der Waals surface area contributed by atoms with Crippen LogP contribution in [0.2, 0.25) is 0 Å². The lowest BCUT2D eigenvalue weighted by Crippen LogP contribution is -2.23. The van der Waals surface area contributed by atoms with Gasteiger partial charge in [0.25, 0.3) is 15.9 Å². The number of benzene rings is 3. The number of anilines is 1. The van der Waals surface area contributed by atoms with Gasteiger partial charge in [-0.3, -0.25) is 14.3 Å². The largest absolute Gasteiger partial charge is 0.497 e. The number of rotatable bonds is 8. The molecule has 1 N–H and O–H groups in total. The van der Waals surface area contributed by atoms with Gasteiger partial charge >= 0.3 is 5.97 Å². The minimum absolute atomic E-state index is 0.0509. The zero-order valence-electron chi connectivity index (χ0n) is 19.5. The highest BCUT2D eigenvalue weighted by molar-refractivity contribution is 7.92. The van der Waals surface area contributed by atoms with Gasteiger partial charge < -0.3 is 14.0 Å². The molecule has 0 aliphatic rings. The molecular formula is C25H23N3O6S2. The Bertz CT molecular complexity index is 1590. The van der Waals surface area contributed by atoms with Crippen molar-refractivity contribution in [3.8, 4) is 5.75 Å². The molecule has 1 heterocycles. The first-order valence-electron chi connectivity index (χ1n) is 10.9. The van der Waals surface area contributed by atoms with Crippen LogP contribution in [0.1, 0.15) is 17.3 Å². The Hall–Kier alpha value is -3.96. The number of sulfonamides is 1. The fourth-order valence-corrected chi connectivity index (χ4v) is 5.51. The molecule has 11 heteroatoms. The van der Waals surface area contributed by atoms with Crippen molar-refractivity contribution in [3.05, 3.63) is 83.2 Å². The average Bonchev–Trinajstić information content (AvgIpc) is 3.20. The third-order valence-corrected chi connectivity index (χ3v) is 7.57. The number of hydrogen-bond donors (Lipinski definition) is 1. The van der Waals surface area contributed by atoms with Crippen molar-refractivity contribution < 1.29 is 27.5 Å². The Morgan fingerprint density at radius 2 is 1.78 bits per heavy atom. The highest BCUT2D eigenvalue weighted by atomic mass is 32.2. The fourth-order valence-electron chi connectivity index (χ4n) is 3.43. The molecule has 0 aliphatic carbocycles. The van der Waals surface area contributed by atoms with E-state index < -0.39 is 21.9 Å². The lowest BCUT2D eigenvalue weighted by Gasteiger charge is -2.09. The van der Waals surface area contributed by atoms with Crippen LogP contribution >= 0.6 is 11.3 Å². The number of para-hydroxylation sites is 1. The van der Waals surface area contributed by atoms with Gasteiger partial charge in [0.1, 0.15) is 12.3 Å². The van der Waals surface area contributed by atoms with Crippen LogP contribution in [0.15, 0.2) is 82.7 Å². The Morgan fingerprint density at radius 1 is 1.03 bits per heavy atom. The standard InChI is InChI=1S/C25H23N3O6S2/c1-3-34-23(29)16-28-21-9-4-5-10-22(21)35-25(28)26-24(30)17-7-6-8-18(15-17)27-36(31,32)20-13-11-19(33-2)12-14-20/h4-15,27H,3,16H2,1-2H3. The number of aromatic nitrogens is 1. The van der Waals surface area contributed by atoms with Crippen LogP contribution in [0.25, 0.3) is 10.2 Å². The molecule has 0 atom stereocenters. The molecule has 0 spiro atoms. The molecule has 3 aromatic carbocycles. The van der Waals surface area contributed by atoms with Crippen LogP contribution < -0.4 is 14.3 Å². The van der Waals surface area contributed by atoms with E-state index in [0.717, 1.165) is 10.2 Å². The predicted molar refractivity (Wildman–Crippen MR) is 137 cm³/mol. The number of methoxy groups -OCH3 is 1. The Balaban J connectivity index is 1.64. The van der Waals surface area contributed by atoms with Crippen LogP contribution in [0.5, 0.6) is 5.75 Å². The van der Waals surface area contributed by atoms with Crippen molar-refractivity contribution in [2.45, 2.75) is 18.4 Å². The summed E-state index contributed by atoms with van der Waals surface area (Å²) in [4.78, 5) is 29.8. The smallest absolute Gasteiger partial charge is 0.326 e. The number of fused-ring (bicyclic) bond motifs is 1. The first kappa shape index (κ1) is 25.1. The van der Waals surface area contributed by atoms with Gasteiger partial charge in [0.15, 0.2) is 4.80 Å². The van der Waals surface area contributed by atoms with Crippen molar-refractivity contribution >= 4 is 49.1 Å². The zero-order chi connectivity index (χ0) is 25.7. The number of nitrogens with one attached hydrogen (secondary N) is 1. The van der Waals surface area contributed by atoms with Crippen LogP contribution in [-0.2, 0) is 26.1 Å². The molecule has 0 aliphatic heterocycles. The van der Waals surface area contributed by atoms with Crippen molar-refractivity contribution in [2.24, 2.45) is 4.99 Å². The van der Waals surface area contributed by atoms with Crippen LogP contribution in [0, 0.1) is 0 Å². The van der Waals surface area contributed by atoms with E-state index >= 15 is 0 Å². The van der Waals surface area contributed by atoms with E-state index in [4.69, 9.17) is 9.47 Å². The quantitative estimate of drug-likeness (QED) is 0.350. The molecule has 0 saturated carbocycles. The van der Waals surface area contributed by atoms with Crippen molar-refractivity contribution in [1.82, 2.24) is 4.57 Å². The number of thiazole rings is 1. The van der Waals surface area contributed by atoms with E-state index in [0.29, 0.717) is 10.6 Å². The lowest BCUT2D eigenvalue weighted by molar-refractivity contribution is -0.143. The Labute approximate surface area is 211 Å². The summed E-state index contributed by atoms with van der Waals surface area (Å²) in [6.45, 7) is 1.87. The second-order valence-corrected chi connectivity index (χ2v) is 10.2. The lowest BCUT2D eigenvalue weighted by atomic mass is 10.2. The molecule has 1 aromatic heterocycles. The molecule has 9 nitrogen and oxygen atoms in total. The Morgan fingerprint density at radius 3 is 2.50 bits per heavy atom. The molecule has 0 radical (unpaired) electrons. The Kier molecular flexibility index (Phi) is 7.51. The highest BCUT2D eigenvalue weighted by Crippen LogP contribution is 2.21. The minimum atomic E-state index is -3.88. The van der Waals surface area contributed by atoms with Crippen molar-refractivity contribution in [1.29, 1.82) is 0 Å². The highest BCUT2D eigenvalue weighted by Gasteiger charge is 2.16. The molecule has 1 amide bonds. The van der Waals surface area contributed by atoms with Gasteiger partial charge in [-0.1, -0.05) is 29.5 Å². The van der Waals surface area contributed by atoms with E-state index in [1.807, 2.05) is 24.3 Å². The molecule has 0 fully saturated rings. The normalized spacial score (nSPS) is 11.9. The summed E-state index contributed by atoms with van der Waals surface area (Å²) in [5, 5.41) is 0. The van der Waals surface area contributed by atoms with Gasteiger partial charge in [0.05, 0.1) is 28.8 Å². The molecule has 0 unspecified atom stereocenters. The van der Waals surface area contributed by atoms with Gasteiger partial charge in [-0.25, -0.2) is 8.42 Å². The number of nitrogens with zero attached hydrogens (tertiary/aromatic N) is 2. The summed E-state index contributed by atoms with van der Waals surface area (Å²) in [6.07, 6.45) is 0. The molecule has 36 heavy (non-hydrogen) atoms. The van der Waals surface area contributed by atoms with Gasteiger partial charge in [-0.05, 0) is 61.5 Å². The predicted octanol–water partition coefficient (Wildman–Crippen LogP) is 3.82. The van der Waals surface area contributed by atoms with Gasteiger partial charge in [0.2, 0.25) is 0 Å². The topological polar surface area (TPSA) is 116 Å². The number of carbonyl (C=O) groups is 2. The van der Waals surface area contributed by atoms with E-state index in [-0.39, 0.29) is 29.3 Å². The minimum Gasteiger partial charge on any atom is -0.497 e. The van der Waals surface area contributed by atoms with Crippen molar-refractivity contribution in [3.63, 3.8) is 0 Å². The molecule has 0 bridgehead atoms. The van der Waals surface area contributed by atoms with E-state index in [1.54, 1.807) is 35.8 Å². The zero-order valence-corrected chi connectivity index (χ0v) is 21.1. The monoisotopic (exact) mass is 525 g/mol. The van der Waals surface area contributed by atoms with E-state index in [2.05, 4.69) is 9.71 Å². The summed E-state index contributed by atoms with van der Waals surface area (Å²) in [5.74, 6) is -0.487. The maximum atomic E-state index is 13.0. The maximum Gasteiger partial charge on any atom is 0.326 e. The first-order valence-corrected chi connectivity index (χ1v) is 13.2. The van der Waals surface area contributed by atoms with Crippen LogP contribution in [-0.4, -0.2) is 38.6 Å². The molecule has 186 valence electrons. The second-order valence-electron chi connectivity index (χ2n) is 7.52. The summed E-state index contributed by atoms with van der Waals surface area (Å²) in [6, 6.07) is 19.4. The molecule has 0 saturated heterocycles. The summed E-state index contributed by atoms with van der Waals surface area (Å²) in [5.41, 5.74) is 1.15. The molecule has 4 rings (SSSR count). The number of ether oxygens (including phenoxy) is 2. The number of hydrogen-bond acceptors (Lipinski definition) is 7. The van der Waals surface area contributed by atoms with Crippen LogP contribution in [0.4, 0.5) is 5.69 Å². The summed E-state index contributed by atoms with van der Waals surface area (Å²) < 4.78 is 40.6. The molecule has 4 aromatic rings. The van der Waals surface area contributed by atoms with Gasteiger partial charge in [0, 0.05) is 11.3 Å². The number of amides is 1. The average molecular weight is 526 g/mol. The third kappa shape index (κ3) is 5.64. The van der Waals surface area contributed by atoms with Crippen LogP contribution in [0.3, 0.4) is 0 Å². The molecular weight excluding hydrogens is 502 g/mol. The second kappa shape index (κ2) is 10.8. The first-order chi connectivity index (χ1) is 17.3. The maximum absolute atomic E-state index is 13.0. The number of carbonyl (C=O) groups excluding carboxylic acids is 2. The summed E-state index contributed by atoms with van der Waals surface area (Å²) in [7, 11) is -2.39. The van der Waals surface area contributed by atoms with E-state index in [1.165, 1.54) is 42.7 Å². The number of esters is 1. The van der Waals surface area contributed by atoms with Gasteiger partial charge in [-0.15, -0.1) is 0 Å². The van der Waals surface area contributed by atoms with Gasteiger partial charge in [-0.2, -0.15) is 4.99 Å². The van der Waals surface area contributed by atoms with Crippen molar-refractivity contribution in [2.75, 3.05) is 18.4 Å².